The number of carbonyl (C=O) groups is 1. The Morgan fingerprint density at radius 1 is 1.23 bits per heavy atom. The fourth-order valence-electron chi connectivity index (χ4n) is 1.93. The first kappa shape index (κ1) is 15.8. The second kappa shape index (κ2) is 5.68. The molecule has 0 aliphatic rings. The number of aromatic carboxylic acids is 1. The minimum Gasteiger partial charge on any atom is -0.492 e. The predicted octanol–water partition coefficient (Wildman–Crippen LogP) is 1.46. The smallest absolute Gasteiger partial charge is 0.358 e. The molecule has 0 saturated carbocycles. The molecule has 2 aromatic rings. The van der Waals surface area contributed by atoms with E-state index in [0.717, 1.165) is 6.26 Å². The molecule has 0 radical (unpaired) electrons. The average molecular weight is 327 g/mol. The second-order valence-electron chi connectivity index (χ2n) is 4.33. The van der Waals surface area contributed by atoms with Crippen LogP contribution >= 0.6 is 0 Å². The first-order valence-electron chi connectivity index (χ1n) is 5.95. The van der Waals surface area contributed by atoms with Gasteiger partial charge in [-0.1, -0.05) is 5.16 Å². The molecule has 1 heterocycles. The van der Waals surface area contributed by atoms with Crippen molar-refractivity contribution in [1.29, 1.82) is 0 Å². The molecule has 0 fully saturated rings. The van der Waals surface area contributed by atoms with Gasteiger partial charge in [0, 0.05) is 12.3 Å². The molecule has 0 amide bonds. The third-order valence-electron chi connectivity index (χ3n) is 2.88. The Bertz CT molecular complexity index is 823. The fraction of sp³-hybridized carbons (Fsp3) is 0.231. The van der Waals surface area contributed by atoms with Gasteiger partial charge in [0.2, 0.25) is 0 Å². The summed E-state index contributed by atoms with van der Waals surface area (Å²) in [6.45, 7) is 0. The third-order valence-corrected chi connectivity index (χ3v) is 4.00. The average Bonchev–Trinajstić information content (AvgIpc) is 2.94. The number of carboxylic acid groups (broad SMARTS) is 1. The molecule has 1 N–H and O–H groups in total. The van der Waals surface area contributed by atoms with Crippen LogP contribution in [-0.4, -0.2) is 45.1 Å². The number of hydrogen-bond donors (Lipinski definition) is 1. The second-order valence-corrected chi connectivity index (χ2v) is 6.32. The number of rotatable bonds is 5. The van der Waals surface area contributed by atoms with Crippen LogP contribution in [0.1, 0.15) is 10.5 Å². The molecule has 0 atom stereocenters. The van der Waals surface area contributed by atoms with E-state index in [2.05, 4.69) is 5.16 Å². The lowest BCUT2D eigenvalue weighted by atomic mass is 10.1. The van der Waals surface area contributed by atoms with E-state index in [1.807, 2.05) is 0 Å². The van der Waals surface area contributed by atoms with Crippen LogP contribution in [0.5, 0.6) is 11.5 Å². The molecular formula is C13H13NO7S. The van der Waals surface area contributed by atoms with E-state index < -0.39 is 15.8 Å². The van der Waals surface area contributed by atoms with E-state index >= 15 is 0 Å². The number of benzene rings is 1. The SMILES string of the molecule is COc1c(-c2cc(C(=O)O)no2)ccc(S(C)(=O)=O)c1OC. The van der Waals surface area contributed by atoms with Gasteiger partial charge in [-0.15, -0.1) is 0 Å². The Labute approximate surface area is 126 Å². The summed E-state index contributed by atoms with van der Waals surface area (Å²) < 4.78 is 38.8. The largest absolute Gasteiger partial charge is 0.492 e. The van der Waals surface area contributed by atoms with Crippen molar-refractivity contribution in [3.63, 3.8) is 0 Å². The number of methoxy groups -OCH3 is 2. The minimum absolute atomic E-state index is 0.00998. The minimum atomic E-state index is -3.53. The van der Waals surface area contributed by atoms with Gasteiger partial charge in [-0.25, -0.2) is 13.2 Å². The summed E-state index contributed by atoms with van der Waals surface area (Å²) in [7, 11) is -0.891. The molecule has 0 bridgehead atoms. The van der Waals surface area contributed by atoms with Crippen LogP contribution in [0.25, 0.3) is 11.3 Å². The zero-order valence-corrected chi connectivity index (χ0v) is 12.8. The molecule has 9 heteroatoms. The van der Waals surface area contributed by atoms with Crippen LogP contribution in [0.15, 0.2) is 27.6 Å². The summed E-state index contributed by atoms with van der Waals surface area (Å²) in [6.07, 6.45) is 1.04. The summed E-state index contributed by atoms with van der Waals surface area (Å²) in [6, 6.07) is 3.97. The molecule has 0 aliphatic carbocycles. The van der Waals surface area contributed by atoms with Crippen LogP contribution in [-0.2, 0) is 9.84 Å². The van der Waals surface area contributed by atoms with E-state index in [0.29, 0.717) is 5.56 Å². The van der Waals surface area contributed by atoms with Gasteiger partial charge in [-0.3, -0.25) is 0 Å². The van der Waals surface area contributed by atoms with E-state index in [1.54, 1.807) is 0 Å². The molecule has 0 aliphatic heterocycles. The number of ether oxygens (including phenoxy) is 2. The quantitative estimate of drug-likeness (QED) is 0.877. The number of carboxylic acids is 1. The molecule has 8 nitrogen and oxygen atoms in total. The van der Waals surface area contributed by atoms with Gasteiger partial charge in [0.1, 0.15) is 4.90 Å². The number of hydrogen-bond acceptors (Lipinski definition) is 7. The zero-order valence-electron chi connectivity index (χ0n) is 12.0. The summed E-state index contributed by atoms with van der Waals surface area (Å²) >= 11 is 0. The summed E-state index contributed by atoms with van der Waals surface area (Å²) in [5.41, 5.74) is 0.0509. The molecule has 118 valence electrons. The molecule has 1 aromatic carbocycles. The Morgan fingerprint density at radius 2 is 1.86 bits per heavy atom. The summed E-state index contributed by atoms with van der Waals surface area (Å²) in [4.78, 5) is 10.8. The Kier molecular flexibility index (Phi) is 4.09. The summed E-state index contributed by atoms with van der Waals surface area (Å²) in [5.74, 6) is -1.00. The van der Waals surface area contributed by atoms with E-state index in [1.165, 1.54) is 32.4 Å². The Hall–Kier alpha value is -2.55. The Morgan fingerprint density at radius 3 is 2.32 bits per heavy atom. The maximum Gasteiger partial charge on any atom is 0.358 e. The van der Waals surface area contributed by atoms with Crippen molar-refractivity contribution >= 4 is 15.8 Å². The highest BCUT2D eigenvalue weighted by Gasteiger charge is 2.24. The maximum absolute atomic E-state index is 11.8. The zero-order chi connectivity index (χ0) is 16.5. The molecule has 0 spiro atoms. The molecule has 0 saturated heterocycles. The van der Waals surface area contributed by atoms with E-state index in [9.17, 15) is 13.2 Å². The first-order chi connectivity index (χ1) is 10.3. The van der Waals surface area contributed by atoms with Crippen LogP contribution in [0.3, 0.4) is 0 Å². The monoisotopic (exact) mass is 327 g/mol. The van der Waals surface area contributed by atoms with Crippen LogP contribution in [0.2, 0.25) is 0 Å². The fourth-order valence-corrected chi connectivity index (χ4v) is 2.76. The van der Waals surface area contributed by atoms with E-state index in [4.69, 9.17) is 19.1 Å². The van der Waals surface area contributed by atoms with Crippen molar-refractivity contribution in [2.45, 2.75) is 4.90 Å². The highest BCUT2D eigenvalue weighted by molar-refractivity contribution is 7.90. The van der Waals surface area contributed by atoms with E-state index in [-0.39, 0.29) is 27.8 Å². The molecule has 22 heavy (non-hydrogen) atoms. The van der Waals surface area contributed by atoms with Crippen molar-refractivity contribution in [2.75, 3.05) is 20.5 Å². The lowest BCUT2D eigenvalue weighted by Gasteiger charge is -2.14. The van der Waals surface area contributed by atoms with Crippen molar-refractivity contribution in [2.24, 2.45) is 0 Å². The van der Waals surface area contributed by atoms with Crippen molar-refractivity contribution in [3.8, 4) is 22.8 Å². The lowest BCUT2D eigenvalue weighted by Crippen LogP contribution is -2.03. The number of nitrogens with zero attached hydrogens (tertiary/aromatic N) is 1. The Balaban J connectivity index is 2.69. The van der Waals surface area contributed by atoms with Gasteiger partial charge < -0.3 is 19.1 Å². The van der Waals surface area contributed by atoms with Gasteiger partial charge in [0.25, 0.3) is 0 Å². The van der Waals surface area contributed by atoms with Crippen LogP contribution < -0.4 is 9.47 Å². The predicted molar refractivity (Wildman–Crippen MR) is 75.1 cm³/mol. The van der Waals surface area contributed by atoms with Crippen molar-refractivity contribution in [1.82, 2.24) is 5.16 Å². The highest BCUT2D eigenvalue weighted by Crippen LogP contribution is 2.42. The van der Waals surface area contributed by atoms with Crippen LogP contribution in [0, 0.1) is 0 Å². The summed E-state index contributed by atoms with van der Waals surface area (Å²) in [5, 5.41) is 12.3. The molecule has 1 aromatic heterocycles. The third kappa shape index (κ3) is 2.75. The van der Waals surface area contributed by atoms with Gasteiger partial charge >= 0.3 is 5.97 Å². The molecular weight excluding hydrogens is 314 g/mol. The number of sulfone groups is 1. The first-order valence-corrected chi connectivity index (χ1v) is 7.84. The van der Waals surface area contributed by atoms with Gasteiger partial charge in [0.15, 0.2) is 32.8 Å². The van der Waals surface area contributed by atoms with Crippen LogP contribution in [0.4, 0.5) is 0 Å². The lowest BCUT2D eigenvalue weighted by molar-refractivity contribution is 0.0686. The normalized spacial score (nSPS) is 11.2. The highest BCUT2D eigenvalue weighted by atomic mass is 32.2. The maximum atomic E-state index is 11.8. The van der Waals surface area contributed by atoms with Gasteiger partial charge in [-0.05, 0) is 12.1 Å². The topological polar surface area (TPSA) is 116 Å². The van der Waals surface area contributed by atoms with Gasteiger partial charge in [0.05, 0.1) is 19.8 Å². The number of aromatic nitrogens is 1. The molecule has 2 rings (SSSR count). The van der Waals surface area contributed by atoms with Gasteiger partial charge in [-0.2, -0.15) is 0 Å². The van der Waals surface area contributed by atoms with Crippen molar-refractivity contribution in [3.05, 3.63) is 23.9 Å². The molecule has 0 unspecified atom stereocenters. The van der Waals surface area contributed by atoms with Crippen molar-refractivity contribution < 1.29 is 32.3 Å². The standard InChI is InChI=1S/C13H13NO7S/c1-19-11-7(9-6-8(13(15)16)14-21-9)4-5-10(12(11)20-2)22(3,17)18/h4-6H,1-3H3,(H,15,16).